The van der Waals surface area contributed by atoms with Crippen molar-refractivity contribution in [2.45, 2.75) is 24.6 Å². The topological polar surface area (TPSA) is 77.6 Å². The number of aryl methyl sites for hydroxylation is 2. The molecule has 0 unspecified atom stereocenters. The van der Waals surface area contributed by atoms with Crippen molar-refractivity contribution in [2.24, 2.45) is 0 Å². The molecule has 0 aliphatic heterocycles. The molecule has 2 N–H and O–H groups in total. The van der Waals surface area contributed by atoms with Crippen molar-refractivity contribution in [3.05, 3.63) is 34.9 Å². The molecule has 5 nitrogen and oxygen atoms in total. The Kier molecular flexibility index (Phi) is 3.54. The summed E-state index contributed by atoms with van der Waals surface area (Å²) in [5.41, 5.74) is 7.24. The Hall–Kier alpha value is -1.73. The second kappa shape index (κ2) is 5.34. The van der Waals surface area contributed by atoms with Crippen molar-refractivity contribution < 1.29 is 0 Å². The van der Waals surface area contributed by atoms with Gasteiger partial charge in [0.05, 0.1) is 16.2 Å². The van der Waals surface area contributed by atoms with Gasteiger partial charge in [-0.05, 0) is 25.5 Å². The fourth-order valence-corrected chi connectivity index (χ4v) is 3.63. The summed E-state index contributed by atoms with van der Waals surface area (Å²) >= 11 is 3.24. The minimum atomic E-state index is 0.565. The van der Waals surface area contributed by atoms with Gasteiger partial charge >= 0.3 is 0 Å². The number of nitrogens with two attached hydrogens (primary N) is 1. The van der Waals surface area contributed by atoms with Crippen molar-refractivity contribution in [2.75, 3.05) is 5.73 Å². The molecule has 3 heterocycles. The molecular formula is C13H13N5S2. The summed E-state index contributed by atoms with van der Waals surface area (Å²) in [5, 5.41) is 1.89. The largest absolute Gasteiger partial charge is 0.383 e. The maximum Gasteiger partial charge on any atom is 0.142 e. The van der Waals surface area contributed by atoms with E-state index in [-0.39, 0.29) is 0 Å². The van der Waals surface area contributed by atoms with E-state index >= 15 is 0 Å². The molecule has 0 saturated carbocycles. The van der Waals surface area contributed by atoms with E-state index in [1.165, 1.54) is 16.8 Å². The molecule has 3 aromatic rings. The Labute approximate surface area is 124 Å². The van der Waals surface area contributed by atoms with E-state index in [9.17, 15) is 0 Å². The normalized spacial score (nSPS) is 11.1. The molecule has 0 aliphatic carbocycles. The second-order valence-corrected chi connectivity index (χ2v) is 6.52. The zero-order valence-corrected chi connectivity index (χ0v) is 12.8. The van der Waals surface area contributed by atoms with Gasteiger partial charge in [-0.15, -0.1) is 11.3 Å². The lowest BCUT2D eigenvalue weighted by Crippen LogP contribution is -1.99. The van der Waals surface area contributed by atoms with Crippen molar-refractivity contribution in [3.8, 4) is 0 Å². The summed E-state index contributed by atoms with van der Waals surface area (Å²) in [5.74, 6) is 1.95. The SMILES string of the molecule is Cc1sc2nc(CSc3ccncn3)nc(N)c2c1C. The highest BCUT2D eigenvalue weighted by atomic mass is 32.2. The molecule has 0 radical (unpaired) electrons. The van der Waals surface area contributed by atoms with Crippen LogP contribution in [0.1, 0.15) is 16.3 Å². The molecular weight excluding hydrogens is 290 g/mol. The first-order valence-electron chi connectivity index (χ1n) is 6.06. The van der Waals surface area contributed by atoms with E-state index < -0.39 is 0 Å². The number of thiophene rings is 1. The van der Waals surface area contributed by atoms with Crippen LogP contribution in [0.15, 0.2) is 23.6 Å². The maximum absolute atomic E-state index is 6.06. The van der Waals surface area contributed by atoms with E-state index in [0.29, 0.717) is 11.6 Å². The van der Waals surface area contributed by atoms with E-state index in [1.54, 1.807) is 29.3 Å². The second-order valence-electron chi connectivity index (χ2n) is 4.32. The van der Waals surface area contributed by atoms with Crippen molar-refractivity contribution >= 4 is 39.1 Å². The standard InChI is InChI=1S/C13H13N5S2/c1-7-8(2)20-13-11(7)12(14)17-9(18-13)5-19-10-3-4-15-6-16-10/h3-4,6H,5H2,1-2H3,(H2,14,17,18). The number of rotatable bonds is 3. The van der Waals surface area contributed by atoms with Crippen LogP contribution in [0.5, 0.6) is 0 Å². The lowest BCUT2D eigenvalue weighted by Gasteiger charge is -2.03. The number of hydrogen-bond donors (Lipinski definition) is 1. The van der Waals surface area contributed by atoms with Gasteiger partial charge in [0, 0.05) is 11.1 Å². The number of fused-ring (bicyclic) bond motifs is 1. The van der Waals surface area contributed by atoms with E-state index in [2.05, 4.69) is 33.8 Å². The summed E-state index contributed by atoms with van der Waals surface area (Å²) in [6, 6.07) is 1.87. The Bertz CT molecular complexity index is 754. The van der Waals surface area contributed by atoms with Gasteiger partial charge in [-0.1, -0.05) is 11.8 Å². The van der Waals surface area contributed by atoms with E-state index in [4.69, 9.17) is 5.73 Å². The predicted molar refractivity (Wildman–Crippen MR) is 82.9 cm³/mol. The van der Waals surface area contributed by atoms with Gasteiger partial charge in [-0.2, -0.15) is 0 Å². The van der Waals surface area contributed by atoms with Crippen LogP contribution in [0.2, 0.25) is 0 Å². The number of thioether (sulfide) groups is 1. The average molecular weight is 303 g/mol. The number of aromatic nitrogens is 4. The highest BCUT2D eigenvalue weighted by Gasteiger charge is 2.12. The van der Waals surface area contributed by atoms with Crippen LogP contribution in [0.4, 0.5) is 5.82 Å². The summed E-state index contributed by atoms with van der Waals surface area (Å²) in [6.07, 6.45) is 3.26. The average Bonchev–Trinajstić information content (AvgIpc) is 2.73. The summed E-state index contributed by atoms with van der Waals surface area (Å²) in [4.78, 5) is 19.3. The monoisotopic (exact) mass is 303 g/mol. The third kappa shape index (κ3) is 2.46. The van der Waals surface area contributed by atoms with Gasteiger partial charge in [0.25, 0.3) is 0 Å². The van der Waals surface area contributed by atoms with Gasteiger partial charge in [0.1, 0.15) is 22.8 Å². The Morgan fingerprint density at radius 3 is 2.90 bits per heavy atom. The minimum Gasteiger partial charge on any atom is -0.383 e. The highest BCUT2D eigenvalue weighted by Crippen LogP contribution is 2.32. The van der Waals surface area contributed by atoms with Crippen molar-refractivity contribution in [1.29, 1.82) is 0 Å². The first-order chi connectivity index (χ1) is 9.65. The Balaban J connectivity index is 1.89. The maximum atomic E-state index is 6.06. The quantitative estimate of drug-likeness (QED) is 0.592. The molecule has 0 spiro atoms. The smallest absolute Gasteiger partial charge is 0.142 e. The summed E-state index contributed by atoms with van der Waals surface area (Å²) in [7, 11) is 0. The van der Waals surface area contributed by atoms with Crippen LogP contribution in [-0.2, 0) is 5.75 Å². The zero-order valence-electron chi connectivity index (χ0n) is 11.1. The molecule has 20 heavy (non-hydrogen) atoms. The number of anilines is 1. The van der Waals surface area contributed by atoms with Crippen molar-refractivity contribution in [1.82, 2.24) is 19.9 Å². The Morgan fingerprint density at radius 1 is 1.30 bits per heavy atom. The molecule has 0 fully saturated rings. The van der Waals surface area contributed by atoms with Crippen molar-refractivity contribution in [3.63, 3.8) is 0 Å². The number of hydrogen-bond acceptors (Lipinski definition) is 7. The highest BCUT2D eigenvalue weighted by molar-refractivity contribution is 7.98. The molecule has 7 heteroatoms. The first-order valence-corrected chi connectivity index (χ1v) is 7.86. The van der Waals surface area contributed by atoms with E-state index in [0.717, 1.165) is 21.1 Å². The molecule has 0 saturated heterocycles. The van der Waals surface area contributed by atoms with Crippen LogP contribution in [0.3, 0.4) is 0 Å². The zero-order chi connectivity index (χ0) is 14.1. The van der Waals surface area contributed by atoms with Crippen LogP contribution in [0, 0.1) is 13.8 Å². The van der Waals surface area contributed by atoms with Gasteiger partial charge < -0.3 is 5.73 Å². The lowest BCUT2D eigenvalue weighted by atomic mass is 10.2. The molecule has 102 valence electrons. The third-order valence-corrected chi connectivity index (χ3v) is 5.05. The summed E-state index contributed by atoms with van der Waals surface area (Å²) in [6.45, 7) is 4.14. The number of nitrogens with zero attached hydrogens (tertiary/aromatic N) is 4. The van der Waals surface area contributed by atoms with E-state index in [1.807, 2.05) is 6.07 Å². The van der Waals surface area contributed by atoms with Crippen LogP contribution >= 0.6 is 23.1 Å². The van der Waals surface area contributed by atoms with Gasteiger partial charge in [-0.25, -0.2) is 19.9 Å². The molecule has 0 aromatic carbocycles. The third-order valence-electron chi connectivity index (χ3n) is 3.01. The minimum absolute atomic E-state index is 0.565. The first kappa shape index (κ1) is 13.3. The van der Waals surface area contributed by atoms with Gasteiger partial charge in [-0.3, -0.25) is 0 Å². The lowest BCUT2D eigenvalue weighted by molar-refractivity contribution is 1.03. The molecule has 0 atom stereocenters. The molecule has 0 amide bonds. The van der Waals surface area contributed by atoms with Crippen LogP contribution < -0.4 is 5.73 Å². The molecule has 0 aliphatic rings. The Morgan fingerprint density at radius 2 is 2.15 bits per heavy atom. The van der Waals surface area contributed by atoms with Gasteiger partial charge in [0.15, 0.2) is 0 Å². The van der Waals surface area contributed by atoms with Gasteiger partial charge in [0.2, 0.25) is 0 Å². The fourth-order valence-electron chi connectivity index (χ4n) is 1.89. The predicted octanol–water partition coefficient (Wildman–Crippen LogP) is 2.97. The molecule has 0 bridgehead atoms. The summed E-state index contributed by atoms with van der Waals surface area (Å²) < 4.78 is 0. The van der Waals surface area contributed by atoms with Crippen LogP contribution in [-0.4, -0.2) is 19.9 Å². The molecule has 3 aromatic heterocycles. The molecule has 3 rings (SSSR count). The fraction of sp³-hybridized carbons (Fsp3) is 0.231. The number of nitrogen functional groups attached to an aromatic ring is 1. The van der Waals surface area contributed by atoms with Crippen LogP contribution in [0.25, 0.3) is 10.2 Å².